The Bertz CT molecular complexity index is 1210. The predicted molar refractivity (Wildman–Crippen MR) is 125 cm³/mol. The third kappa shape index (κ3) is 4.01. The van der Waals surface area contributed by atoms with Crippen molar-refractivity contribution in [1.29, 1.82) is 0 Å². The average Bonchev–Trinajstić information content (AvgIpc) is 3.27. The summed E-state index contributed by atoms with van der Waals surface area (Å²) >= 11 is 0. The summed E-state index contributed by atoms with van der Waals surface area (Å²) in [5, 5.41) is 9.94. The first-order valence-corrected chi connectivity index (χ1v) is 10.8. The standard InChI is InChI=1S/C25H25N5O2/c1-32-20-8-6-18(7-9-20)22-10-11-24(28-27-22)29-12-14-30(15-13-29)25(31)16-19-17-26-23-5-3-2-4-21(19)23/h2-11,17,26H,12-16H2,1H3. The molecular weight excluding hydrogens is 402 g/mol. The van der Waals surface area contributed by atoms with Gasteiger partial charge in [-0.05, 0) is 48.0 Å². The average molecular weight is 428 g/mol. The first-order chi connectivity index (χ1) is 15.7. The molecule has 7 heteroatoms. The monoisotopic (exact) mass is 427 g/mol. The Kier molecular flexibility index (Phi) is 5.46. The molecule has 7 nitrogen and oxygen atoms in total. The van der Waals surface area contributed by atoms with Gasteiger partial charge in [0.1, 0.15) is 5.75 Å². The van der Waals surface area contributed by atoms with Crippen LogP contribution in [0.3, 0.4) is 0 Å². The number of rotatable bonds is 5. The van der Waals surface area contributed by atoms with Crippen molar-refractivity contribution < 1.29 is 9.53 Å². The number of hydrogen-bond donors (Lipinski definition) is 1. The lowest BCUT2D eigenvalue weighted by molar-refractivity contribution is -0.130. The smallest absolute Gasteiger partial charge is 0.227 e. The van der Waals surface area contributed by atoms with Gasteiger partial charge in [-0.15, -0.1) is 10.2 Å². The summed E-state index contributed by atoms with van der Waals surface area (Å²) in [7, 11) is 1.65. The molecule has 0 aliphatic carbocycles. The number of anilines is 1. The van der Waals surface area contributed by atoms with E-state index < -0.39 is 0 Å². The summed E-state index contributed by atoms with van der Waals surface area (Å²) in [5.74, 6) is 1.82. The molecule has 1 amide bonds. The number of ether oxygens (including phenoxy) is 1. The number of piperazine rings is 1. The Balaban J connectivity index is 1.19. The predicted octanol–water partition coefficient (Wildman–Crippen LogP) is 3.52. The van der Waals surface area contributed by atoms with Crippen molar-refractivity contribution >= 4 is 22.6 Å². The topological polar surface area (TPSA) is 74.3 Å². The van der Waals surface area contributed by atoms with Crippen LogP contribution >= 0.6 is 0 Å². The number of methoxy groups -OCH3 is 1. The Hall–Kier alpha value is -3.87. The molecule has 1 aliphatic rings. The molecule has 0 spiro atoms. The minimum Gasteiger partial charge on any atom is -0.497 e. The normalized spacial score (nSPS) is 14.0. The molecule has 1 fully saturated rings. The third-order valence-corrected chi connectivity index (χ3v) is 6.01. The highest BCUT2D eigenvalue weighted by Crippen LogP contribution is 2.23. The number of para-hydroxylation sites is 1. The van der Waals surface area contributed by atoms with E-state index in [9.17, 15) is 4.79 Å². The first-order valence-electron chi connectivity index (χ1n) is 10.8. The van der Waals surface area contributed by atoms with Gasteiger partial charge in [0.25, 0.3) is 0 Å². The van der Waals surface area contributed by atoms with E-state index >= 15 is 0 Å². The summed E-state index contributed by atoms with van der Waals surface area (Å²) < 4.78 is 5.20. The molecule has 3 heterocycles. The number of H-pyrrole nitrogens is 1. The molecular formula is C25H25N5O2. The molecule has 162 valence electrons. The molecule has 4 aromatic rings. The molecule has 0 bridgehead atoms. The van der Waals surface area contributed by atoms with Crippen molar-refractivity contribution in [2.24, 2.45) is 0 Å². The molecule has 1 saturated heterocycles. The summed E-state index contributed by atoms with van der Waals surface area (Å²) in [6, 6.07) is 19.8. The van der Waals surface area contributed by atoms with Crippen LogP contribution in [0.4, 0.5) is 5.82 Å². The van der Waals surface area contributed by atoms with E-state index in [1.165, 1.54) is 0 Å². The van der Waals surface area contributed by atoms with Gasteiger partial charge >= 0.3 is 0 Å². The number of fused-ring (bicyclic) bond motifs is 1. The second-order valence-electron chi connectivity index (χ2n) is 7.91. The minimum absolute atomic E-state index is 0.162. The number of carbonyl (C=O) groups excluding carboxylic acids is 1. The molecule has 32 heavy (non-hydrogen) atoms. The SMILES string of the molecule is COc1ccc(-c2ccc(N3CCN(C(=O)Cc4c[nH]c5ccccc45)CC3)nn2)cc1. The molecule has 0 saturated carbocycles. The molecule has 1 N–H and O–H groups in total. The van der Waals surface area contributed by atoms with Crippen LogP contribution in [0.5, 0.6) is 5.75 Å². The molecule has 1 aliphatic heterocycles. The van der Waals surface area contributed by atoms with Crippen LogP contribution < -0.4 is 9.64 Å². The minimum atomic E-state index is 0.162. The number of aromatic amines is 1. The van der Waals surface area contributed by atoms with Crippen LogP contribution in [-0.2, 0) is 11.2 Å². The van der Waals surface area contributed by atoms with Crippen molar-refractivity contribution in [3.05, 3.63) is 72.4 Å². The lowest BCUT2D eigenvalue weighted by atomic mass is 10.1. The van der Waals surface area contributed by atoms with Crippen LogP contribution in [0.2, 0.25) is 0 Å². The highest BCUT2D eigenvalue weighted by molar-refractivity contribution is 5.89. The third-order valence-electron chi connectivity index (χ3n) is 6.01. The molecule has 2 aromatic heterocycles. The van der Waals surface area contributed by atoms with Gasteiger partial charge in [-0.3, -0.25) is 4.79 Å². The maximum Gasteiger partial charge on any atom is 0.227 e. The van der Waals surface area contributed by atoms with Gasteiger partial charge < -0.3 is 19.5 Å². The second kappa shape index (κ2) is 8.70. The zero-order valence-corrected chi connectivity index (χ0v) is 18.0. The van der Waals surface area contributed by atoms with E-state index in [-0.39, 0.29) is 5.91 Å². The van der Waals surface area contributed by atoms with E-state index in [2.05, 4.69) is 26.1 Å². The van der Waals surface area contributed by atoms with Gasteiger partial charge in [0, 0.05) is 48.8 Å². The van der Waals surface area contributed by atoms with Crippen LogP contribution in [-0.4, -0.2) is 59.3 Å². The molecule has 0 atom stereocenters. The molecule has 0 unspecified atom stereocenters. The van der Waals surface area contributed by atoms with E-state index in [1.807, 2.05) is 65.7 Å². The van der Waals surface area contributed by atoms with Gasteiger partial charge in [-0.25, -0.2) is 0 Å². The highest BCUT2D eigenvalue weighted by atomic mass is 16.5. The first kappa shape index (κ1) is 20.1. The van der Waals surface area contributed by atoms with Crippen molar-refractivity contribution in [3.63, 3.8) is 0 Å². The lowest BCUT2D eigenvalue weighted by Gasteiger charge is -2.35. The fourth-order valence-electron chi connectivity index (χ4n) is 4.15. The molecule has 2 aromatic carbocycles. The summed E-state index contributed by atoms with van der Waals surface area (Å²) in [6.45, 7) is 2.86. The molecule has 5 rings (SSSR count). The Labute approximate surface area is 186 Å². The number of amides is 1. The van der Waals surface area contributed by atoms with Crippen molar-refractivity contribution in [3.8, 4) is 17.0 Å². The number of nitrogens with one attached hydrogen (secondary N) is 1. The van der Waals surface area contributed by atoms with E-state index in [0.29, 0.717) is 19.5 Å². The fourth-order valence-corrected chi connectivity index (χ4v) is 4.15. The van der Waals surface area contributed by atoms with E-state index in [1.54, 1.807) is 7.11 Å². The van der Waals surface area contributed by atoms with Crippen LogP contribution in [0.1, 0.15) is 5.56 Å². The van der Waals surface area contributed by atoms with Crippen LogP contribution in [0, 0.1) is 0 Å². The highest BCUT2D eigenvalue weighted by Gasteiger charge is 2.23. The quantitative estimate of drug-likeness (QED) is 0.528. The summed E-state index contributed by atoms with van der Waals surface area (Å²) in [5.41, 5.74) is 3.94. The molecule has 0 radical (unpaired) electrons. The zero-order chi connectivity index (χ0) is 21.9. The Morgan fingerprint density at radius 2 is 1.75 bits per heavy atom. The number of carbonyl (C=O) groups is 1. The summed E-state index contributed by atoms with van der Waals surface area (Å²) in [6.07, 6.45) is 2.36. The van der Waals surface area contributed by atoms with Gasteiger partial charge in [0.15, 0.2) is 5.82 Å². The van der Waals surface area contributed by atoms with Gasteiger partial charge in [0.2, 0.25) is 5.91 Å². The van der Waals surface area contributed by atoms with Crippen molar-refractivity contribution in [2.45, 2.75) is 6.42 Å². The number of nitrogens with zero attached hydrogens (tertiary/aromatic N) is 4. The second-order valence-corrected chi connectivity index (χ2v) is 7.91. The Morgan fingerprint density at radius 3 is 2.47 bits per heavy atom. The van der Waals surface area contributed by atoms with E-state index in [4.69, 9.17) is 4.74 Å². The largest absolute Gasteiger partial charge is 0.497 e. The lowest BCUT2D eigenvalue weighted by Crippen LogP contribution is -2.49. The van der Waals surface area contributed by atoms with Gasteiger partial charge in [-0.1, -0.05) is 18.2 Å². The zero-order valence-electron chi connectivity index (χ0n) is 18.0. The van der Waals surface area contributed by atoms with Crippen molar-refractivity contribution in [2.75, 3.05) is 38.2 Å². The summed E-state index contributed by atoms with van der Waals surface area (Å²) in [4.78, 5) is 20.2. The van der Waals surface area contributed by atoms with Crippen LogP contribution in [0.25, 0.3) is 22.2 Å². The maximum atomic E-state index is 12.9. The fraction of sp³-hybridized carbons (Fsp3) is 0.240. The Morgan fingerprint density at radius 1 is 0.969 bits per heavy atom. The number of benzene rings is 2. The van der Waals surface area contributed by atoms with E-state index in [0.717, 1.165) is 52.4 Å². The van der Waals surface area contributed by atoms with Crippen molar-refractivity contribution in [1.82, 2.24) is 20.1 Å². The number of hydrogen-bond acceptors (Lipinski definition) is 5. The number of aromatic nitrogens is 3. The maximum absolute atomic E-state index is 12.9. The van der Waals surface area contributed by atoms with Crippen LogP contribution in [0.15, 0.2) is 66.9 Å². The van der Waals surface area contributed by atoms with Gasteiger partial charge in [-0.2, -0.15) is 0 Å². The van der Waals surface area contributed by atoms with Gasteiger partial charge in [0.05, 0.1) is 19.2 Å².